The number of aryl methyl sites for hydroxylation is 1. The number of carbonyl (C=O) groups is 1. The van der Waals surface area contributed by atoms with E-state index in [0.717, 1.165) is 11.5 Å². The fraction of sp³-hybridized carbons (Fsp3) is 0.692. The van der Waals surface area contributed by atoms with Gasteiger partial charge in [0.05, 0.1) is 6.61 Å². The standard InChI is InChI=1S/C13H21N3O2/c1-4-18-13(17)11-9(2)14-15-12(11)16(3)10-7-5-6-8-10/h10H,4-8H2,1-3H3,(H,14,15). The first-order valence-electron chi connectivity index (χ1n) is 6.60. The van der Waals surface area contributed by atoms with Crippen molar-refractivity contribution < 1.29 is 9.53 Å². The Morgan fingerprint density at radius 3 is 2.78 bits per heavy atom. The fourth-order valence-corrected chi connectivity index (χ4v) is 2.58. The Hall–Kier alpha value is -1.52. The second kappa shape index (κ2) is 5.42. The molecule has 1 aromatic rings. The molecule has 1 aliphatic rings. The van der Waals surface area contributed by atoms with Gasteiger partial charge in [-0.2, -0.15) is 5.10 Å². The minimum Gasteiger partial charge on any atom is -0.462 e. The number of rotatable bonds is 4. The summed E-state index contributed by atoms with van der Waals surface area (Å²) in [6.45, 7) is 4.05. The Bertz CT molecular complexity index is 422. The Morgan fingerprint density at radius 1 is 1.50 bits per heavy atom. The molecule has 0 atom stereocenters. The molecule has 100 valence electrons. The van der Waals surface area contributed by atoms with Crippen LogP contribution in [0.2, 0.25) is 0 Å². The molecule has 0 spiro atoms. The Labute approximate surface area is 108 Å². The Balaban J connectivity index is 2.24. The molecule has 0 unspecified atom stereocenters. The maximum absolute atomic E-state index is 12.0. The minimum atomic E-state index is -0.288. The van der Waals surface area contributed by atoms with Gasteiger partial charge in [0.25, 0.3) is 0 Å². The number of hydrogen-bond donors (Lipinski definition) is 1. The first kappa shape index (κ1) is 12.9. The summed E-state index contributed by atoms with van der Waals surface area (Å²) in [6, 6.07) is 0.487. The Morgan fingerprint density at radius 2 is 2.17 bits per heavy atom. The van der Waals surface area contributed by atoms with Crippen LogP contribution in [0.25, 0.3) is 0 Å². The Kier molecular flexibility index (Phi) is 3.89. The third-order valence-corrected chi connectivity index (χ3v) is 3.61. The van der Waals surface area contributed by atoms with Gasteiger partial charge in [-0.1, -0.05) is 12.8 Å². The van der Waals surface area contributed by atoms with E-state index in [9.17, 15) is 4.79 Å². The molecule has 1 N–H and O–H groups in total. The van der Waals surface area contributed by atoms with Gasteiger partial charge >= 0.3 is 5.97 Å². The number of nitrogens with zero attached hydrogens (tertiary/aromatic N) is 2. The molecule has 2 rings (SSSR count). The third-order valence-electron chi connectivity index (χ3n) is 3.61. The van der Waals surface area contributed by atoms with Gasteiger partial charge in [0.1, 0.15) is 5.56 Å². The van der Waals surface area contributed by atoms with Crippen molar-refractivity contribution in [2.24, 2.45) is 0 Å². The lowest BCUT2D eigenvalue weighted by Crippen LogP contribution is -2.30. The molecule has 0 aliphatic heterocycles. The maximum atomic E-state index is 12.0. The summed E-state index contributed by atoms with van der Waals surface area (Å²) in [5.74, 6) is 0.432. The van der Waals surface area contributed by atoms with E-state index in [0.29, 0.717) is 18.2 Å². The highest BCUT2D eigenvalue weighted by molar-refractivity contribution is 5.96. The zero-order valence-electron chi connectivity index (χ0n) is 11.3. The summed E-state index contributed by atoms with van der Waals surface area (Å²) in [7, 11) is 2.01. The fourth-order valence-electron chi connectivity index (χ4n) is 2.58. The zero-order chi connectivity index (χ0) is 13.1. The van der Waals surface area contributed by atoms with Crippen molar-refractivity contribution in [3.05, 3.63) is 11.3 Å². The second-order valence-electron chi connectivity index (χ2n) is 4.82. The molecule has 0 bridgehead atoms. The molecule has 1 fully saturated rings. The topological polar surface area (TPSA) is 58.2 Å². The number of carbonyl (C=O) groups excluding carboxylic acids is 1. The van der Waals surface area contributed by atoms with Crippen molar-refractivity contribution >= 4 is 11.8 Å². The van der Waals surface area contributed by atoms with Crippen LogP contribution in [-0.2, 0) is 4.74 Å². The van der Waals surface area contributed by atoms with E-state index >= 15 is 0 Å². The predicted octanol–water partition coefficient (Wildman–Crippen LogP) is 2.27. The molecular formula is C13H21N3O2. The highest BCUT2D eigenvalue weighted by Crippen LogP contribution is 2.29. The molecule has 0 amide bonds. The van der Waals surface area contributed by atoms with E-state index in [1.165, 1.54) is 25.7 Å². The lowest BCUT2D eigenvalue weighted by Gasteiger charge is -2.24. The molecule has 0 aromatic carbocycles. The highest BCUT2D eigenvalue weighted by atomic mass is 16.5. The molecule has 1 aromatic heterocycles. The van der Waals surface area contributed by atoms with E-state index < -0.39 is 0 Å². The third kappa shape index (κ3) is 2.35. The lowest BCUT2D eigenvalue weighted by atomic mass is 10.2. The van der Waals surface area contributed by atoms with Crippen LogP contribution < -0.4 is 4.90 Å². The normalized spacial score (nSPS) is 15.9. The van der Waals surface area contributed by atoms with Crippen LogP contribution in [0, 0.1) is 6.92 Å². The SMILES string of the molecule is CCOC(=O)c1c(N(C)C2CCCC2)n[nH]c1C. The molecule has 0 radical (unpaired) electrons. The number of hydrogen-bond acceptors (Lipinski definition) is 4. The molecular weight excluding hydrogens is 230 g/mol. The lowest BCUT2D eigenvalue weighted by molar-refractivity contribution is 0.0526. The number of nitrogens with one attached hydrogen (secondary N) is 1. The summed E-state index contributed by atoms with van der Waals surface area (Å²) in [6.07, 6.45) is 4.86. The monoisotopic (exact) mass is 251 g/mol. The van der Waals surface area contributed by atoms with Gasteiger partial charge in [-0.15, -0.1) is 0 Å². The van der Waals surface area contributed by atoms with Crippen molar-refractivity contribution in [3.8, 4) is 0 Å². The first-order valence-corrected chi connectivity index (χ1v) is 6.60. The molecule has 5 heteroatoms. The number of aromatic amines is 1. The van der Waals surface area contributed by atoms with E-state index in [1.54, 1.807) is 0 Å². The molecule has 0 saturated heterocycles. The van der Waals surface area contributed by atoms with E-state index in [4.69, 9.17) is 4.74 Å². The molecule has 5 nitrogen and oxygen atoms in total. The summed E-state index contributed by atoms with van der Waals surface area (Å²) in [5, 5.41) is 7.15. The van der Waals surface area contributed by atoms with Crippen molar-refractivity contribution in [2.45, 2.75) is 45.6 Å². The first-order chi connectivity index (χ1) is 8.65. The van der Waals surface area contributed by atoms with Gasteiger partial charge in [-0.05, 0) is 26.7 Å². The van der Waals surface area contributed by atoms with Crippen molar-refractivity contribution in [3.63, 3.8) is 0 Å². The number of H-pyrrole nitrogens is 1. The largest absolute Gasteiger partial charge is 0.462 e. The van der Waals surface area contributed by atoms with Gasteiger partial charge in [0, 0.05) is 18.8 Å². The summed E-state index contributed by atoms with van der Waals surface area (Å²) >= 11 is 0. The average Bonchev–Trinajstić information content (AvgIpc) is 2.97. The number of esters is 1. The van der Waals surface area contributed by atoms with Gasteiger partial charge in [0.2, 0.25) is 0 Å². The maximum Gasteiger partial charge on any atom is 0.343 e. The van der Waals surface area contributed by atoms with Crippen LogP contribution in [0.5, 0.6) is 0 Å². The average molecular weight is 251 g/mol. The summed E-state index contributed by atoms with van der Waals surface area (Å²) < 4.78 is 5.09. The smallest absolute Gasteiger partial charge is 0.343 e. The zero-order valence-corrected chi connectivity index (χ0v) is 11.3. The summed E-state index contributed by atoms with van der Waals surface area (Å²) in [5.41, 5.74) is 1.35. The van der Waals surface area contributed by atoms with Gasteiger partial charge in [-0.3, -0.25) is 5.10 Å². The van der Waals surface area contributed by atoms with Crippen molar-refractivity contribution in [2.75, 3.05) is 18.6 Å². The second-order valence-corrected chi connectivity index (χ2v) is 4.82. The predicted molar refractivity (Wildman–Crippen MR) is 69.9 cm³/mol. The van der Waals surface area contributed by atoms with Crippen LogP contribution in [0.3, 0.4) is 0 Å². The van der Waals surface area contributed by atoms with Gasteiger partial charge in [-0.25, -0.2) is 4.79 Å². The van der Waals surface area contributed by atoms with E-state index in [2.05, 4.69) is 15.1 Å². The van der Waals surface area contributed by atoms with Gasteiger partial charge in [0.15, 0.2) is 5.82 Å². The van der Waals surface area contributed by atoms with E-state index in [-0.39, 0.29) is 5.97 Å². The van der Waals surface area contributed by atoms with Crippen molar-refractivity contribution in [1.82, 2.24) is 10.2 Å². The molecule has 1 aliphatic carbocycles. The number of ether oxygens (including phenoxy) is 1. The number of anilines is 1. The number of aromatic nitrogens is 2. The van der Waals surface area contributed by atoms with Crippen LogP contribution in [0.1, 0.15) is 48.7 Å². The highest BCUT2D eigenvalue weighted by Gasteiger charge is 2.27. The minimum absolute atomic E-state index is 0.288. The molecule has 1 heterocycles. The van der Waals surface area contributed by atoms with Crippen LogP contribution >= 0.6 is 0 Å². The molecule has 18 heavy (non-hydrogen) atoms. The van der Waals surface area contributed by atoms with Gasteiger partial charge < -0.3 is 9.64 Å². The van der Waals surface area contributed by atoms with Crippen LogP contribution in [0.4, 0.5) is 5.82 Å². The van der Waals surface area contributed by atoms with E-state index in [1.807, 2.05) is 20.9 Å². The quantitative estimate of drug-likeness (QED) is 0.834. The van der Waals surface area contributed by atoms with Crippen molar-refractivity contribution in [1.29, 1.82) is 0 Å². The van der Waals surface area contributed by atoms with Crippen LogP contribution in [0.15, 0.2) is 0 Å². The summed E-state index contributed by atoms with van der Waals surface area (Å²) in [4.78, 5) is 14.1. The molecule has 1 saturated carbocycles. The van der Waals surface area contributed by atoms with Crippen LogP contribution in [-0.4, -0.2) is 35.9 Å².